The summed E-state index contributed by atoms with van der Waals surface area (Å²) in [6, 6.07) is 4.07. The number of hydrogen-bond acceptors (Lipinski definition) is 6. The fourth-order valence-electron chi connectivity index (χ4n) is 4.83. The first-order valence-corrected chi connectivity index (χ1v) is 10.3. The van der Waals surface area contributed by atoms with Gasteiger partial charge in [0.05, 0.1) is 12.2 Å². The number of nitrogens with zero attached hydrogens (tertiary/aromatic N) is 1. The topological polar surface area (TPSA) is 114 Å². The lowest BCUT2D eigenvalue weighted by Gasteiger charge is -2.45. The highest BCUT2D eigenvalue weighted by molar-refractivity contribution is 6.00. The van der Waals surface area contributed by atoms with Crippen molar-refractivity contribution < 1.29 is 28.7 Å². The number of carbonyl (C=O) groups is 4. The first-order valence-electron chi connectivity index (χ1n) is 10.3. The van der Waals surface area contributed by atoms with Gasteiger partial charge >= 0.3 is 6.09 Å². The fourth-order valence-corrected chi connectivity index (χ4v) is 4.83. The van der Waals surface area contributed by atoms with Crippen molar-refractivity contribution in [2.75, 3.05) is 19.7 Å². The molecule has 4 amide bonds. The number of hydrogen-bond donors (Lipinski definition) is 2. The van der Waals surface area contributed by atoms with Crippen LogP contribution in [0.5, 0.6) is 0 Å². The summed E-state index contributed by atoms with van der Waals surface area (Å²) < 4.78 is 11.6. The second kappa shape index (κ2) is 7.09. The average molecular weight is 413 g/mol. The highest BCUT2D eigenvalue weighted by Crippen LogP contribution is 2.43. The van der Waals surface area contributed by atoms with Crippen molar-refractivity contribution >= 4 is 23.8 Å². The molecule has 9 nitrogen and oxygen atoms in total. The van der Waals surface area contributed by atoms with E-state index < -0.39 is 23.7 Å². The molecule has 4 aliphatic heterocycles. The van der Waals surface area contributed by atoms with Crippen molar-refractivity contribution in [2.24, 2.45) is 0 Å². The van der Waals surface area contributed by atoms with E-state index in [-0.39, 0.29) is 24.7 Å². The molecule has 158 valence electrons. The molecule has 1 atom stereocenters. The standard InChI is InChI=1S/C21H23N3O6/c25-17-2-1-16(19(27)23-17)30-20(28)24-6-4-21(5-7-24)15-10-13-11-22-18(26)14(13)9-12(15)3-8-29-21/h9-10,16H,1-8,11H2,(H,22,26)(H,23,25,27). The van der Waals surface area contributed by atoms with Crippen LogP contribution in [0.1, 0.15) is 52.7 Å². The van der Waals surface area contributed by atoms with Gasteiger partial charge < -0.3 is 19.7 Å². The summed E-state index contributed by atoms with van der Waals surface area (Å²) in [6.45, 7) is 2.00. The Kier molecular flexibility index (Phi) is 4.50. The van der Waals surface area contributed by atoms with Crippen molar-refractivity contribution in [1.29, 1.82) is 0 Å². The van der Waals surface area contributed by atoms with Crippen LogP contribution in [-0.4, -0.2) is 54.5 Å². The fraction of sp³-hybridized carbons (Fsp3) is 0.524. The number of ether oxygens (including phenoxy) is 2. The van der Waals surface area contributed by atoms with Gasteiger partial charge in [0.2, 0.25) is 5.91 Å². The minimum Gasteiger partial charge on any atom is -0.436 e. The zero-order valence-electron chi connectivity index (χ0n) is 16.5. The zero-order valence-corrected chi connectivity index (χ0v) is 16.5. The third-order valence-electron chi connectivity index (χ3n) is 6.51. The van der Waals surface area contributed by atoms with Crippen molar-refractivity contribution in [3.63, 3.8) is 0 Å². The smallest absolute Gasteiger partial charge is 0.410 e. The Balaban J connectivity index is 1.28. The molecule has 9 heteroatoms. The van der Waals surface area contributed by atoms with Gasteiger partial charge in [-0.3, -0.25) is 19.7 Å². The van der Waals surface area contributed by atoms with Crippen LogP contribution in [0.3, 0.4) is 0 Å². The molecular weight excluding hydrogens is 390 g/mol. The number of piperidine rings is 2. The van der Waals surface area contributed by atoms with Crippen LogP contribution in [-0.2, 0) is 37.6 Å². The molecule has 1 aromatic carbocycles. The SMILES string of the molecule is O=C1CCC(OC(=O)N2CCC3(CC2)OCCc2cc4c(cc23)CNC4=O)C(=O)N1. The van der Waals surface area contributed by atoms with Gasteiger partial charge in [0, 0.05) is 38.0 Å². The third kappa shape index (κ3) is 3.13. The van der Waals surface area contributed by atoms with E-state index in [0.29, 0.717) is 39.1 Å². The van der Waals surface area contributed by atoms with Crippen molar-refractivity contribution in [3.05, 3.63) is 34.4 Å². The quantitative estimate of drug-likeness (QED) is 0.657. The highest BCUT2D eigenvalue weighted by Gasteiger charge is 2.43. The van der Waals surface area contributed by atoms with Crippen LogP contribution in [0, 0.1) is 0 Å². The van der Waals surface area contributed by atoms with Crippen molar-refractivity contribution in [2.45, 2.75) is 50.4 Å². The van der Waals surface area contributed by atoms with E-state index in [9.17, 15) is 19.2 Å². The summed E-state index contributed by atoms with van der Waals surface area (Å²) in [7, 11) is 0. The molecule has 0 bridgehead atoms. The van der Waals surface area contributed by atoms with E-state index in [1.54, 1.807) is 4.90 Å². The number of benzene rings is 1. The molecule has 2 N–H and O–H groups in total. The van der Waals surface area contributed by atoms with Gasteiger partial charge in [-0.1, -0.05) is 6.07 Å². The van der Waals surface area contributed by atoms with E-state index in [0.717, 1.165) is 28.7 Å². The summed E-state index contributed by atoms with van der Waals surface area (Å²) in [6.07, 6.45) is 0.903. The molecule has 0 aromatic heterocycles. The first kappa shape index (κ1) is 19.0. The zero-order chi connectivity index (χ0) is 20.9. The molecular formula is C21H23N3O6. The van der Waals surface area contributed by atoms with Crippen molar-refractivity contribution in [3.8, 4) is 0 Å². The number of carbonyl (C=O) groups excluding carboxylic acids is 4. The number of imide groups is 1. The lowest BCUT2D eigenvalue weighted by Crippen LogP contribution is -2.51. The molecule has 0 radical (unpaired) electrons. The predicted octanol–water partition coefficient (Wildman–Crippen LogP) is 0.736. The van der Waals surface area contributed by atoms with Crippen molar-refractivity contribution in [1.82, 2.24) is 15.5 Å². The molecule has 1 aromatic rings. The summed E-state index contributed by atoms with van der Waals surface area (Å²) in [5.74, 6) is -0.933. The van der Waals surface area contributed by atoms with E-state index in [4.69, 9.17) is 9.47 Å². The molecule has 0 saturated carbocycles. The Morgan fingerprint density at radius 2 is 1.93 bits per heavy atom. The van der Waals surface area contributed by atoms with Crippen LogP contribution in [0.2, 0.25) is 0 Å². The maximum absolute atomic E-state index is 12.6. The Morgan fingerprint density at radius 3 is 2.70 bits per heavy atom. The molecule has 2 saturated heterocycles. The normalized spacial score (nSPS) is 24.7. The molecule has 1 unspecified atom stereocenters. The number of rotatable bonds is 1. The average Bonchev–Trinajstić information content (AvgIpc) is 3.10. The van der Waals surface area contributed by atoms with E-state index in [1.807, 2.05) is 6.07 Å². The summed E-state index contributed by atoms with van der Waals surface area (Å²) in [5.41, 5.74) is 3.51. The van der Waals surface area contributed by atoms with Gasteiger partial charge in [0.25, 0.3) is 11.8 Å². The Morgan fingerprint density at radius 1 is 1.13 bits per heavy atom. The van der Waals surface area contributed by atoms with Gasteiger partial charge in [-0.05, 0) is 42.0 Å². The largest absolute Gasteiger partial charge is 0.436 e. The monoisotopic (exact) mass is 413 g/mol. The lowest BCUT2D eigenvalue weighted by atomic mass is 9.78. The maximum Gasteiger partial charge on any atom is 0.410 e. The number of likely N-dealkylation sites (tertiary alicyclic amines) is 1. The molecule has 2 fully saturated rings. The number of nitrogens with one attached hydrogen (secondary N) is 2. The van der Waals surface area contributed by atoms with Gasteiger partial charge in [-0.2, -0.15) is 0 Å². The lowest BCUT2D eigenvalue weighted by molar-refractivity contribution is -0.141. The molecule has 0 aliphatic carbocycles. The summed E-state index contributed by atoms with van der Waals surface area (Å²) in [5, 5.41) is 5.06. The summed E-state index contributed by atoms with van der Waals surface area (Å²) >= 11 is 0. The Hall–Kier alpha value is -2.94. The highest BCUT2D eigenvalue weighted by atomic mass is 16.6. The van der Waals surface area contributed by atoms with Crippen LogP contribution in [0.25, 0.3) is 0 Å². The third-order valence-corrected chi connectivity index (χ3v) is 6.51. The van der Waals surface area contributed by atoms with E-state index >= 15 is 0 Å². The predicted molar refractivity (Wildman–Crippen MR) is 102 cm³/mol. The molecule has 5 rings (SSSR count). The summed E-state index contributed by atoms with van der Waals surface area (Å²) in [4.78, 5) is 49.2. The molecule has 30 heavy (non-hydrogen) atoms. The van der Waals surface area contributed by atoms with Gasteiger partial charge in [-0.15, -0.1) is 0 Å². The maximum atomic E-state index is 12.6. The Labute approximate surface area is 173 Å². The van der Waals surface area contributed by atoms with Crippen LogP contribution in [0.15, 0.2) is 12.1 Å². The van der Waals surface area contributed by atoms with E-state index in [1.165, 1.54) is 0 Å². The second-order valence-electron chi connectivity index (χ2n) is 8.25. The number of fused-ring (bicyclic) bond motifs is 3. The minimum absolute atomic E-state index is 0.0284. The minimum atomic E-state index is -0.926. The van der Waals surface area contributed by atoms with Crippen LogP contribution >= 0.6 is 0 Å². The van der Waals surface area contributed by atoms with Crippen LogP contribution < -0.4 is 10.6 Å². The molecule has 4 heterocycles. The molecule has 1 spiro atoms. The number of amides is 4. The van der Waals surface area contributed by atoms with Gasteiger partial charge in [0.1, 0.15) is 0 Å². The second-order valence-corrected chi connectivity index (χ2v) is 8.25. The first-order chi connectivity index (χ1) is 14.4. The van der Waals surface area contributed by atoms with Gasteiger partial charge in [-0.25, -0.2) is 4.79 Å². The van der Waals surface area contributed by atoms with Crippen LogP contribution in [0.4, 0.5) is 4.79 Å². The van der Waals surface area contributed by atoms with E-state index in [2.05, 4.69) is 16.7 Å². The van der Waals surface area contributed by atoms with Gasteiger partial charge in [0.15, 0.2) is 6.10 Å². The Bertz CT molecular complexity index is 950. The molecule has 4 aliphatic rings.